The summed E-state index contributed by atoms with van der Waals surface area (Å²) in [5.41, 5.74) is 0.850. The van der Waals surface area contributed by atoms with Crippen LogP contribution in [0.3, 0.4) is 0 Å². The fourth-order valence-electron chi connectivity index (χ4n) is 3.21. The van der Waals surface area contributed by atoms with Gasteiger partial charge in [0.15, 0.2) is 6.10 Å². The Labute approximate surface area is 159 Å². The number of rotatable bonds is 5. The van der Waals surface area contributed by atoms with Crippen LogP contribution in [-0.2, 0) is 19.1 Å². The van der Waals surface area contributed by atoms with Crippen LogP contribution >= 0.6 is 0 Å². The Morgan fingerprint density at radius 1 is 1.19 bits per heavy atom. The van der Waals surface area contributed by atoms with Crippen molar-refractivity contribution in [2.45, 2.75) is 51.9 Å². The molecule has 1 heterocycles. The van der Waals surface area contributed by atoms with Crippen molar-refractivity contribution in [1.82, 2.24) is 4.90 Å². The van der Waals surface area contributed by atoms with Gasteiger partial charge in [-0.05, 0) is 51.8 Å². The van der Waals surface area contributed by atoms with Crippen molar-refractivity contribution in [2.75, 3.05) is 18.4 Å². The van der Waals surface area contributed by atoms with E-state index in [1.54, 1.807) is 36.1 Å². The molecule has 3 atom stereocenters. The molecule has 1 aromatic carbocycles. The van der Waals surface area contributed by atoms with Gasteiger partial charge in [-0.2, -0.15) is 0 Å². The van der Waals surface area contributed by atoms with Crippen LogP contribution in [0.15, 0.2) is 24.3 Å². The van der Waals surface area contributed by atoms with Gasteiger partial charge in [-0.3, -0.25) is 9.59 Å². The Bertz CT molecular complexity index is 721. The molecule has 0 bridgehead atoms. The van der Waals surface area contributed by atoms with E-state index >= 15 is 0 Å². The lowest BCUT2D eigenvalue weighted by atomic mass is 10.2. The van der Waals surface area contributed by atoms with E-state index in [2.05, 4.69) is 5.32 Å². The Kier molecular flexibility index (Phi) is 5.79. The summed E-state index contributed by atoms with van der Waals surface area (Å²) in [5.74, 6) is -0.771. The Balaban J connectivity index is 1.59. The van der Waals surface area contributed by atoms with Gasteiger partial charge in [0.05, 0.1) is 17.8 Å². The maximum atomic E-state index is 12.6. The summed E-state index contributed by atoms with van der Waals surface area (Å²) in [6.45, 7) is 6.35. The zero-order chi connectivity index (χ0) is 19.6. The van der Waals surface area contributed by atoms with Crippen LogP contribution in [0.5, 0.6) is 0 Å². The fraction of sp³-hybridized carbons (Fsp3) is 0.550. The van der Waals surface area contributed by atoms with Crippen molar-refractivity contribution < 1.29 is 23.9 Å². The van der Waals surface area contributed by atoms with Crippen molar-refractivity contribution in [3.8, 4) is 0 Å². The van der Waals surface area contributed by atoms with Gasteiger partial charge in [0, 0.05) is 24.7 Å². The van der Waals surface area contributed by atoms with Gasteiger partial charge in [0.2, 0.25) is 5.91 Å². The summed E-state index contributed by atoms with van der Waals surface area (Å²) in [6.07, 6.45) is 0.831. The quantitative estimate of drug-likeness (QED) is 0.799. The van der Waals surface area contributed by atoms with E-state index in [4.69, 9.17) is 9.47 Å². The maximum absolute atomic E-state index is 12.6. The molecule has 1 saturated carbocycles. The summed E-state index contributed by atoms with van der Waals surface area (Å²) in [7, 11) is 0. The third-order valence-corrected chi connectivity index (χ3v) is 4.68. The highest BCUT2D eigenvalue weighted by atomic mass is 16.5. The molecule has 3 unspecified atom stereocenters. The summed E-state index contributed by atoms with van der Waals surface area (Å²) in [4.78, 5) is 38.5. The van der Waals surface area contributed by atoms with Crippen LogP contribution in [0.25, 0.3) is 0 Å². The van der Waals surface area contributed by atoms with Gasteiger partial charge < -0.3 is 19.7 Å². The SMILES string of the molecule is CC1CN(C(=O)C(C)OC(=O)c2cccc(NC(=O)C3CC3)c2)CC(C)O1. The number of ether oxygens (including phenoxy) is 2. The van der Waals surface area contributed by atoms with Gasteiger partial charge in [0.1, 0.15) is 0 Å². The standard InChI is InChI=1S/C20H26N2O5/c1-12-10-22(11-13(2)26-12)19(24)14(3)27-20(25)16-5-4-6-17(9-16)21-18(23)15-7-8-15/h4-6,9,12-15H,7-8,10-11H2,1-3H3,(H,21,23). The maximum Gasteiger partial charge on any atom is 0.338 e. The monoisotopic (exact) mass is 374 g/mol. The number of hydrogen-bond donors (Lipinski definition) is 1. The van der Waals surface area contributed by atoms with Crippen molar-refractivity contribution in [3.63, 3.8) is 0 Å². The molecule has 2 fully saturated rings. The Morgan fingerprint density at radius 3 is 2.48 bits per heavy atom. The minimum Gasteiger partial charge on any atom is -0.449 e. The van der Waals surface area contributed by atoms with Crippen molar-refractivity contribution in [1.29, 1.82) is 0 Å². The molecular weight excluding hydrogens is 348 g/mol. The number of nitrogens with one attached hydrogen (secondary N) is 1. The summed E-state index contributed by atoms with van der Waals surface area (Å²) < 4.78 is 11.0. The first-order chi connectivity index (χ1) is 12.8. The molecule has 0 aromatic heterocycles. The Hall–Kier alpha value is -2.41. The molecule has 3 rings (SSSR count). The molecule has 27 heavy (non-hydrogen) atoms. The third kappa shape index (κ3) is 5.07. The van der Waals surface area contributed by atoms with Crippen LogP contribution in [0.2, 0.25) is 0 Å². The van der Waals surface area contributed by atoms with E-state index in [9.17, 15) is 14.4 Å². The zero-order valence-electron chi connectivity index (χ0n) is 15.9. The van der Waals surface area contributed by atoms with E-state index in [0.29, 0.717) is 24.3 Å². The highest BCUT2D eigenvalue weighted by molar-refractivity contribution is 5.97. The van der Waals surface area contributed by atoms with Crippen LogP contribution in [0, 0.1) is 5.92 Å². The normalized spacial score (nSPS) is 23.4. The average Bonchev–Trinajstić information content (AvgIpc) is 3.45. The molecule has 1 N–H and O–H groups in total. The number of morpholine rings is 1. The second kappa shape index (κ2) is 8.08. The number of carbonyl (C=O) groups is 3. The summed E-state index contributed by atoms with van der Waals surface area (Å²) in [5, 5.41) is 2.80. The minimum absolute atomic E-state index is 0.0281. The Morgan fingerprint density at radius 2 is 1.85 bits per heavy atom. The van der Waals surface area contributed by atoms with Gasteiger partial charge in [-0.25, -0.2) is 4.79 Å². The molecule has 0 spiro atoms. The predicted octanol–water partition coefficient (Wildman–Crippen LogP) is 2.22. The van der Waals surface area contributed by atoms with E-state index in [-0.39, 0.29) is 29.9 Å². The van der Waals surface area contributed by atoms with Crippen LogP contribution in [-0.4, -0.2) is 54.1 Å². The lowest BCUT2D eigenvalue weighted by molar-refractivity contribution is -0.151. The van der Waals surface area contributed by atoms with Crippen LogP contribution in [0.4, 0.5) is 5.69 Å². The summed E-state index contributed by atoms with van der Waals surface area (Å²) in [6, 6.07) is 6.57. The zero-order valence-corrected chi connectivity index (χ0v) is 15.9. The first-order valence-electron chi connectivity index (χ1n) is 9.39. The molecule has 7 heteroatoms. The second-order valence-electron chi connectivity index (χ2n) is 7.39. The fourth-order valence-corrected chi connectivity index (χ4v) is 3.21. The van der Waals surface area contributed by atoms with Crippen LogP contribution < -0.4 is 5.32 Å². The highest BCUT2D eigenvalue weighted by Crippen LogP contribution is 2.30. The molecule has 0 radical (unpaired) electrons. The molecule has 1 aliphatic heterocycles. The number of carbonyl (C=O) groups excluding carboxylic acids is 3. The average molecular weight is 374 g/mol. The second-order valence-corrected chi connectivity index (χ2v) is 7.39. The molecule has 1 saturated heterocycles. The first-order valence-corrected chi connectivity index (χ1v) is 9.39. The largest absolute Gasteiger partial charge is 0.449 e. The van der Waals surface area contributed by atoms with Crippen LogP contribution in [0.1, 0.15) is 44.0 Å². The van der Waals surface area contributed by atoms with Crippen molar-refractivity contribution in [2.24, 2.45) is 5.92 Å². The van der Waals surface area contributed by atoms with Gasteiger partial charge in [0.25, 0.3) is 5.91 Å². The topological polar surface area (TPSA) is 84.9 Å². The predicted molar refractivity (Wildman–Crippen MR) is 99.3 cm³/mol. The highest BCUT2D eigenvalue weighted by Gasteiger charge is 2.31. The lowest BCUT2D eigenvalue weighted by Gasteiger charge is -2.36. The molecular formula is C20H26N2O5. The first kappa shape index (κ1) is 19.4. The number of amides is 2. The third-order valence-electron chi connectivity index (χ3n) is 4.68. The number of hydrogen-bond acceptors (Lipinski definition) is 5. The number of esters is 1. The number of nitrogens with zero attached hydrogens (tertiary/aromatic N) is 1. The van der Waals surface area contributed by atoms with E-state index in [0.717, 1.165) is 12.8 Å². The summed E-state index contributed by atoms with van der Waals surface area (Å²) >= 11 is 0. The minimum atomic E-state index is -0.889. The molecule has 1 aromatic rings. The molecule has 1 aliphatic carbocycles. The van der Waals surface area contributed by atoms with Gasteiger partial charge in [-0.1, -0.05) is 6.07 Å². The van der Waals surface area contributed by atoms with Crippen molar-refractivity contribution in [3.05, 3.63) is 29.8 Å². The smallest absolute Gasteiger partial charge is 0.338 e. The molecule has 7 nitrogen and oxygen atoms in total. The molecule has 146 valence electrons. The lowest BCUT2D eigenvalue weighted by Crippen LogP contribution is -2.51. The van der Waals surface area contributed by atoms with E-state index in [1.165, 1.54) is 0 Å². The number of benzene rings is 1. The molecule has 2 aliphatic rings. The molecule has 2 amide bonds. The van der Waals surface area contributed by atoms with Crippen molar-refractivity contribution >= 4 is 23.5 Å². The van der Waals surface area contributed by atoms with E-state index in [1.807, 2.05) is 13.8 Å². The van der Waals surface area contributed by atoms with E-state index < -0.39 is 12.1 Å². The van der Waals surface area contributed by atoms with Gasteiger partial charge >= 0.3 is 5.97 Å². The number of anilines is 1. The van der Waals surface area contributed by atoms with Gasteiger partial charge in [-0.15, -0.1) is 0 Å².